The van der Waals surface area contributed by atoms with Gasteiger partial charge in [0.05, 0.1) is 35.0 Å². The molecule has 0 spiro atoms. The zero-order valence-corrected chi connectivity index (χ0v) is 23.1. The van der Waals surface area contributed by atoms with E-state index in [0.29, 0.717) is 34.7 Å². The van der Waals surface area contributed by atoms with Crippen LogP contribution in [0.3, 0.4) is 0 Å². The molecule has 0 radical (unpaired) electrons. The number of nitrogens with one attached hydrogen (secondary N) is 1. The first-order valence-electron chi connectivity index (χ1n) is 11.3. The first-order chi connectivity index (χ1) is 17.0. The van der Waals surface area contributed by atoms with Crippen molar-refractivity contribution in [1.29, 1.82) is 0 Å². The predicted octanol–water partition coefficient (Wildman–Crippen LogP) is 7.84. The molecule has 1 aliphatic heterocycles. The molecule has 0 saturated carbocycles. The smallest absolute Gasteiger partial charge is 0.175 e. The minimum atomic E-state index is 0.225. The maximum absolute atomic E-state index is 6.58. The lowest BCUT2D eigenvalue weighted by Crippen LogP contribution is -2.36. The summed E-state index contributed by atoms with van der Waals surface area (Å²) < 4.78 is 18.2. The highest BCUT2D eigenvalue weighted by Crippen LogP contribution is 2.39. The van der Waals surface area contributed by atoms with Gasteiger partial charge in [0, 0.05) is 40.9 Å². The Morgan fingerprint density at radius 3 is 2.40 bits per heavy atom. The molecule has 4 rings (SSSR count). The van der Waals surface area contributed by atoms with Gasteiger partial charge in [-0.2, -0.15) is 0 Å². The summed E-state index contributed by atoms with van der Waals surface area (Å²) in [6.07, 6.45) is 0. The summed E-state index contributed by atoms with van der Waals surface area (Å²) in [4.78, 5) is 2.25. The van der Waals surface area contributed by atoms with Crippen LogP contribution in [0, 0.1) is 0 Å². The Morgan fingerprint density at radius 2 is 1.71 bits per heavy atom. The summed E-state index contributed by atoms with van der Waals surface area (Å²) in [6, 6.07) is 15.4. The summed E-state index contributed by atoms with van der Waals surface area (Å²) >= 11 is 22.8. The number of hydrogen-bond donors (Lipinski definition) is 1. The number of hydrogen-bond acceptors (Lipinski definition) is 5. The zero-order chi connectivity index (χ0) is 24.8. The molecule has 3 aromatic rings. The normalized spacial score (nSPS) is 13.6. The maximum Gasteiger partial charge on any atom is 0.175 e. The van der Waals surface area contributed by atoms with Gasteiger partial charge in [0.15, 0.2) is 11.5 Å². The van der Waals surface area contributed by atoms with Gasteiger partial charge in [-0.05, 0) is 70.9 Å². The lowest BCUT2D eigenvalue weighted by Gasteiger charge is -2.29. The van der Waals surface area contributed by atoms with Gasteiger partial charge in [-0.3, -0.25) is 0 Å². The second-order valence-electron chi connectivity index (χ2n) is 7.95. The average molecular weight is 601 g/mol. The van der Waals surface area contributed by atoms with Crippen molar-refractivity contribution in [3.05, 3.63) is 79.2 Å². The summed E-state index contributed by atoms with van der Waals surface area (Å²) in [7, 11) is 0. The molecule has 3 aromatic carbocycles. The van der Waals surface area contributed by atoms with E-state index in [1.165, 1.54) is 0 Å². The van der Waals surface area contributed by atoms with E-state index in [-0.39, 0.29) is 6.61 Å². The molecule has 9 heteroatoms. The van der Waals surface area contributed by atoms with Crippen LogP contribution in [-0.4, -0.2) is 32.9 Å². The van der Waals surface area contributed by atoms with Gasteiger partial charge < -0.3 is 24.4 Å². The maximum atomic E-state index is 6.58. The number of nitrogens with zero attached hydrogens (tertiary/aromatic N) is 1. The number of halogens is 4. The minimum absolute atomic E-state index is 0.225. The van der Waals surface area contributed by atoms with Crippen molar-refractivity contribution in [2.75, 3.05) is 43.1 Å². The van der Waals surface area contributed by atoms with E-state index in [4.69, 9.17) is 49.0 Å². The van der Waals surface area contributed by atoms with Gasteiger partial charge in [-0.1, -0.05) is 40.9 Å². The molecule has 35 heavy (non-hydrogen) atoms. The zero-order valence-electron chi connectivity index (χ0n) is 19.3. The SMILES string of the molecule is CCOc1cc(CNc2ccc(N3CCOCC3)c(Cl)c2)cc(Br)c1OCc1c(Cl)cccc1Cl. The number of anilines is 2. The summed E-state index contributed by atoms with van der Waals surface area (Å²) in [5, 5.41) is 5.28. The molecule has 0 atom stereocenters. The van der Waals surface area contributed by atoms with E-state index in [9.17, 15) is 0 Å². The van der Waals surface area contributed by atoms with E-state index in [2.05, 4.69) is 26.1 Å². The Labute approximate surface area is 229 Å². The lowest BCUT2D eigenvalue weighted by molar-refractivity contribution is 0.122. The number of morpholine rings is 1. The second kappa shape index (κ2) is 12.4. The van der Waals surface area contributed by atoms with E-state index in [0.717, 1.165) is 58.3 Å². The molecule has 1 heterocycles. The molecule has 0 bridgehead atoms. The molecule has 186 valence electrons. The fourth-order valence-corrected chi connectivity index (χ4v) is 5.23. The van der Waals surface area contributed by atoms with Gasteiger partial charge in [0.1, 0.15) is 6.61 Å². The number of benzene rings is 3. The Hall–Kier alpha value is -1.83. The molecule has 5 nitrogen and oxygen atoms in total. The van der Waals surface area contributed by atoms with E-state index in [1.54, 1.807) is 18.2 Å². The van der Waals surface area contributed by atoms with Crippen LogP contribution >= 0.6 is 50.7 Å². The molecule has 1 N–H and O–H groups in total. The van der Waals surface area contributed by atoms with Crippen LogP contribution < -0.4 is 19.7 Å². The second-order valence-corrected chi connectivity index (χ2v) is 10.0. The van der Waals surface area contributed by atoms with Gasteiger partial charge in [0.25, 0.3) is 0 Å². The van der Waals surface area contributed by atoms with Gasteiger partial charge in [-0.25, -0.2) is 0 Å². The first-order valence-corrected chi connectivity index (χ1v) is 13.3. The molecular weight excluding hydrogens is 575 g/mol. The summed E-state index contributed by atoms with van der Waals surface area (Å²) in [6.45, 7) is 6.38. The molecule has 1 fully saturated rings. The van der Waals surface area contributed by atoms with Gasteiger partial charge >= 0.3 is 0 Å². The number of rotatable bonds is 9. The highest BCUT2D eigenvalue weighted by atomic mass is 79.9. The molecule has 0 unspecified atom stereocenters. The van der Waals surface area contributed by atoms with Gasteiger partial charge in [0.2, 0.25) is 0 Å². The van der Waals surface area contributed by atoms with Crippen LogP contribution in [0.4, 0.5) is 11.4 Å². The van der Waals surface area contributed by atoms with Crippen molar-refractivity contribution in [3.63, 3.8) is 0 Å². The van der Waals surface area contributed by atoms with Crippen molar-refractivity contribution >= 4 is 62.1 Å². The van der Waals surface area contributed by atoms with Crippen LogP contribution in [0.15, 0.2) is 53.0 Å². The molecule has 0 amide bonds. The highest BCUT2D eigenvalue weighted by molar-refractivity contribution is 9.10. The topological polar surface area (TPSA) is 43.0 Å². The van der Waals surface area contributed by atoms with E-state index < -0.39 is 0 Å². The predicted molar refractivity (Wildman–Crippen MR) is 148 cm³/mol. The highest BCUT2D eigenvalue weighted by Gasteiger charge is 2.16. The van der Waals surface area contributed by atoms with Crippen molar-refractivity contribution in [2.45, 2.75) is 20.1 Å². The number of ether oxygens (including phenoxy) is 3. The Balaban J connectivity index is 1.46. The minimum Gasteiger partial charge on any atom is -0.490 e. The van der Waals surface area contributed by atoms with Crippen LogP contribution in [-0.2, 0) is 17.9 Å². The fraction of sp³-hybridized carbons (Fsp3) is 0.308. The molecule has 0 aromatic heterocycles. The van der Waals surface area contributed by atoms with Gasteiger partial charge in [-0.15, -0.1) is 0 Å². The first kappa shape index (κ1) is 26.2. The van der Waals surface area contributed by atoms with Crippen molar-refractivity contribution in [3.8, 4) is 11.5 Å². The largest absolute Gasteiger partial charge is 0.490 e. The van der Waals surface area contributed by atoms with E-state index in [1.807, 2.05) is 37.3 Å². The van der Waals surface area contributed by atoms with Crippen LogP contribution in [0.2, 0.25) is 15.1 Å². The third-order valence-corrected chi connectivity index (χ3v) is 7.19. The van der Waals surface area contributed by atoms with Crippen molar-refractivity contribution in [2.24, 2.45) is 0 Å². The molecular formula is C26H26BrCl3N2O3. The Kier molecular flexibility index (Phi) is 9.31. The summed E-state index contributed by atoms with van der Waals surface area (Å²) in [5.41, 5.74) is 3.72. The Bertz CT molecular complexity index is 1150. The third kappa shape index (κ3) is 6.69. The van der Waals surface area contributed by atoms with Crippen LogP contribution in [0.25, 0.3) is 0 Å². The van der Waals surface area contributed by atoms with E-state index >= 15 is 0 Å². The third-order valence-electron chi connectivity index (χ3n) is 5.59. The molecule has 1 saturated heterocycles. The monoisotopic (exact) mass is 598 g/mol. The molecule has 1 aliphatic rings. The van der Waals surface area contributed by atoms with Crippen LogP contribution in [0.5, 0.6) is 11.5 Å². The average Bonchev–Trinajstić information content (AvgIpc) is 2.84. The van der Waals surface area contributed by atoms with Crippen molar-refractivity contribution < 1.29 is 14.2 Å². The van der Waals surface area contributed by atoms with Crippen LogP contribution in [0.1, 0.15) is 18.1 Å². The summed E-state index contributed by atoms with van der Waals surface area (Å²) in [5.74, 6) is 1.24. The standard InChI is InChI=1S/C26H26BrCl3N2O3/c1-2-34-25-13-17(12-20(27)26(25)35-16-19-21(28)4-3-5-22(19)29)15-31-18-6-7-24(23(30)14-18)32-8-10-33-11-9-32/h3-7,12-14,31H,2,8-11,15-16H2,1H3. The quantitative estimate of drug-likeness (QED) is 0.271. The fourth-order valence-electron chi connectivity index (χ4n) is 3.82. The van der Waals surface area contributed by atoms with Crippen molar-refractivity contribution in [1.82, 2.24) is 0 Å². The lowest BCUT2D eigenvalue weighted by atomic mass is 10.2. The Morgan fingerprint density at radius 1 is 0.971 bits per heavy atom. The molecule has 0 aliphatic carbocycles.